The van der Waals surface area contributed by atoms with Gasteiger partial charge in [0, 0.05) is 12.0 Å². The quantitative estimate of drug-likeness (QED) is 0.906. The van der Waals surface area contributed by atoms with Gasteiger partial charge in [-0.25, -0.2) is 4.79 Å². The summed E-state index contributed by atoms with van der Waals surface area (Å²) in [5.74, 6) is 1.47. The average molecular weight is 301 g/mol. The van der Waals surface area contributed by atoms with Gasteiger partial charge in [0.15, 0.2) is 5.82 Å². The standard InChI is InChI=1S/C16H19N3O3/c1-10-2-4-11(5-3-10)8-14-18-15(19-22-14)12-6-7-13(9-12)17-16(20)21/h2-5,12-13,17H,6-9H2,1H3,(H,20,21)/t12-,13-/m0/s1. The summed E-state index contributed by atoms with van der Waals surface area (Å²) in [6.45, 7) is 2.05. The third-order valence-corrected chi connectivity index (χ3v) is 4.09. The Morgan fingerprint density at radius 1 is 1.36 bits per heavy atom. The number of benzene rings is 1. The van der Waals surface area contributed by atoms with E-state index in [1.54, 1.807) is 0 Å². The third-order valence-electron chi connectivity index (χ3n) is 4.09. The molecule has 1 saturated carbocycles. The molecule has 3 rings (SSSR count). The maximum Gasteiger partial charge on any atom is 0.404 e. The Hall–Kier alpha value is -2.37. The molecule has 1 aliphatic rings. The molecule has 2 aromatic rings. The molecular formula is C16H19N3O3. The highest BCUT2D eigenvalue weighted by molar-refractivity contribution is 5.64. The fourth-order valence-electron chi connectivity index (χ4n) is 2.91. The second-order valence-corrected chi connectivity index (χ2v) is 5.87. The van der Waals surface area contributed by atoms with Gasteiger partial charge < -0.3 is 14.9 Å². The first-order valence-corrected chi connectivity index (χ1v) is 7.47. The zero-order valence-electron chi connectivity index (χ0n) is 12.5. The van der Waals surface area contributed by atoms with Crippen LogP contribution < -0.4 is 5.32 Å². The molecule has 0 radical (unpaired) electrons. The number of amides is 1. The molecule has 0 saturated heterocycles. The van der Waals surface area contributed by atoms with Crippen LogP contribution in [-0.4, -0.2) is 27.4 Å². The van der Waals surface area contributed by atoms with Crippen LogP contribution >= 0.6 is 0 Å². The molecule has 0 aliphatic heterocycles. The number of nitrogens with one attached hydrogen (secondary N) is 1. The Morgan fingerprint density at radius 3 is 2.86 bits per heavy atom. The number of hydrogen-bond acceptors (Lipinski definition) is 4. The van der Waals surface area contributed by atoms with Gasteiger partial charge in [0.2, 0.25) is 5.89 Å². The summed E-state index contributed by atoms with van der Waals surface area (Å²) in [7, 11) is 0. The summed E-state index contributed by atoms with van der Waals surface area (Å²) in [5.41, 5.74) is 2.36. The molecule has 1 aromatic heterocycles. The Kier molecular flexibility index (Phi) is 4.09. The van der Waals surface area contributed by atoms with Crippen molar-refractivity contribution in [3.05, 3.63) is 47.1 Å². The number of hydrogen-bond donors (Lipinski definition) is 2. The minimum Gasteiger partial charge on any atom is -0.465 e. The van der Waals surface area contributed by atoms with Gasteiger partial charge in [0.05, 0.1) is 6.42 Å². The minimum absolute atomic E-state index is 0.0125. The molecule has 1 aliphatic carbocycles. The molecular weight excluding hydrogens is 282 g/mol. The summed E-state index contributed by atoms with van der Waals surface area (Å²) in [4.78, 5) is 15.1. The van der Waals surface area contributed by atoms with Gasteiger partial charge in [-0.1, -0.05) is 35.0 Å². The van der Waals surface area contributed by atoms with E-state index in [4.69, 9.17) is 9.63 Å². The molecule has 1 amide bonds. The lowest BCUT2D eigenvalue weighted by atomic mass is 10.1. The molecule has 0 bridgehead atoms. The highest BCUT2D eigenvalue weighted by atomic mass is 16.5. The number of nitrogens with zero attached hydrogens (tertiary/aromatic N) is 2. The molecule has 6 heteroatoms. The summed E-state index contributed by atoms with van der Waals surface area (Å²) in [6.07, 6.45) is 2.08. The SMILES string of the molecule is Cc1ccc(Cc2nc([C@H]3CC[C@H](NC(=O)O)C3)no2)cc1. The smallest absolute Gasteiger partial charge is 0.404 e. The van der Waals surface area contributed by atoms with Crippen LogP contribution in [0.1, 0.15) is 48.0 Å². The summed E-state index contributed by atoms with van der Waals surface area (Å²) in [5, 5.41) is 15.3. The van der Waals surface area contributed by atoms with Crippen LogP contribution in [0.5, 0.6) is 0 Å². The Balaban J connectivity index is 1.62. The molecule has 116 valence electrons. The molecule has 6 nitrogen and oxygen atoms in total. The van der Waals surface area contributed by atoms with Gasteiger partial charge in [-0.3, -0.25) is 0 Å². The monoisotopic (exact) mass is 301 g/mol. The number of carbonyl (C=O) groups is 1. The molecule has 1 fully saturated rings. The maximum atomic E-state index is 10.7. The van der Waals surface area contributed by atoms with Crippen LogP contribution in [0.15, 0.2) is 28.8 Å². The van der Waals surface area contributed by atoms with E-state index in [1.165, 1.54) is 5.56 Å². The second kappa shape index (κ2) is 6.17. The van der Waals surface area contributed by atoms with Crippen molar-refractivity contribution < 1.29 is 14.4 Å². The number of rotatable bonds is 4. The Morgan fingerprint density at radius 2 is 2.14 bits per heavy atom. The molecule has 2 N–H and O–H groups in total. The topological polar surface area (TPSA) is 88.2 Å². The lowest BCUT2D eigenvalue weighted by Crippen LogP contribution is -2.31. The van der Waals surface area contributed by atoms with Gasteiger partial charge in [0.1, 0.15) is 0 Å². The normalized spacial score (nSPS) is 21.0. The van der Waals surface area contributed by atoms with E-state index >= 15 is 0 Å². The number of aryl methyl sites for hydroxylation is 1. The molecule has 0 unspecified atom stereocenters. The van der Waals surface area contributed by atoms with Crippen LogP contribution in [0.3, 0.4) is 0 Å². The fourth-order valence-corrected chi connectivity index (χ4v) is 2.91. The molecule has 0 spiro atoms. The molecule has 22 heavy (non-hydrogen) atoms. The fraction of sp³-hybridized carbons (Fsp3) is 0.438. The van der Waals surface area contributed by atoms with Crippen molar-refractivity contribution in [1.82, 2.24) is 15.5 Å². The first-order valence-electron chi connectivity index (χ1n) is 7.47. The lowest BCUT2D eigenvalue weighted by Gasteiger charge is -2.08. The van der Waals surface area contributed by atoms with Crippen LogP contribution in [0.25, 0.3) is 0 Å². The third kappa shape index (κ3) is 3.44. The summed E-state index contributed by atoms with van der Waals surface area (Å²) < 4.78 is 5.33. The second-order valence-electron chi connectivity index (χ2n) is 5.87. The Bertz CT molecular complexity index is 651. The van der Waals surface area contributed by atoms with Crippen molar-refractivity contribution in [3.63, 3.8) is 0 Å². The zero-order valence-corrected chi connectivity index (χ0v) is 12.5. The minimum atomic E-state index is -0.973. The van der Waals surface area contributed by atoms with E-state index in [2.05, 4.69) is 46.6 Å². The van der Waals surface area contributed by atoms with E-state index < -0.39 is 6.09 Å². The molecule has 2 atom stereocenters. The predicted octanol–water partition coefficient (Wildman–Crippen LogP) is 2.87. The van der Waals surface area contributed by atoms with Gasteiger partial charge in [0.25, 0.3) is 0 Å². The van der Waals surface area contributed by atoms with Gasteiger partial charge in [-0.15, -0.1) is 0 Å². The molecule has 1 aromatic carbocycles. The van der Waals surface area contributed by atoms with Crippen LogP contribution in [-0.2, 0) is 6.42 Å². The van der Waals surface area contributed by atoms with Crippen LogP contribution in [0.2, 0.25) is 0 Å². The summed E-state index contributed by atoms with van der Waals surface area (Å²) >= 11 is 0. The summed E-state index contributed by atoms with van der Waals surface area (Å²) in [6, 6.07) is 8.22. The number of aromatic nitrogens is 2. The first-order chi connectivity index (χ1) is 10.6. The predicted molar refractivity (Wildman–Crippen MR) is 79.8 cm³/mol. The Labute approximate surface area is 128 Å². The number of carboxylic acid groups (broad SMARTS) is 1. The van der Waals surface area contributed by atoms with Crippen molar-refractivity contribution in [2.75, 3.05) is 0 Å². The zero-order chi connectivity index (χ0) is 15.5. The van der Waals surface area contributed by atoms with E-state index in [1.807, 2.05) is 0 Å². The van der Waals surface area contributed by atoms with E-state index in [0.717, 1.165) is 24.8 Å². The maximum absolute atomic E-state index is 10.7. The average Bonchev–Trinajstić information content (AvgIpc) is 3.10. The van der Waals surface area contributed by atoms with Gasteiger partial charge in [-0.2, -0.15) is 4.98 Å². The van der Waals surface area contributed by atoms with Gasteiger partial charge in [-0.05, 0) is 31.7 Å². The van der Waals surface area contributed by atoms with E-state index in [-0.39, 0.29) is 12.0 Å². The lowest BCUT2D eigenvalue weighted by molar-refractivity contribution is 0.190. The largest absolute Gasteiger partial charge is 0.465 e. The van der Waals surface area contributed by atoms with Crippen molar-refractivity contribution in [3.8, 4) is 0 Å². The highest BCUT2D eigenvalue weighted by Crippen LogP contribution is 2.33. The van der Waals surface area contributed by atoms with Gasteiger partial charge >= 0.3 is 6.09 Å². The van der Waals surface area contributed by atoms with Crippen molar-refractivity contribution in [2.24, 2.45) is 0 Å². The van der Waals surface area contributed by atoms with E-state index in [9.17, 15) is 4.79 Å². The molecule has 1 heterocycles. The highest BCUT2D eigenvalue weighted by Gasteiger charge is 2.30. The van der Waals surface area contributed by atoms with Crippen molar-refractivity contribution >= 4 is 6.09 Å². The van der Waals surface area contributed by atoms with Crippen molar-refractivity contribution in [1.29, 1.82) is 0 Å². The van der Waals surface area contributed by atoms with E-state index in [0.29, 0.717) is 18.1 Å². The van der Waals surface area contributed by atoms with Crippen LogP contribution in [0, 0.1) is 6.92 Å². The first kappa shape index (κ1) is 14.6. The van der Waals surface area contributed by atoms with Crippen molar-refractivity contribution in [2.45, 2.75) is 44.6 Å². The van der Waals surface area contributed by atoms with Crippen LogP contribution in [0.4, 0.5) is 4.79 Å².